The Morgan fingerprint density at radius 2 is 2.00 bits per heavy atom. The first-order valence-electron chi connectivity index (χ1n) is 9.80. The lowest BCUT2D eigenvalue weighted by molar-refractivity contribution is -0.0789. The molecule has 1 unspecified atom stereocenters. The van der Waals surface area contributed by atoms with Gasteiger partial charge in [-0.1, -0.05) is 44.5 Å². The van der Waals surface area contributed by atoms with E-state index >= 15 is 0 Å². The van der Waals surface area contributed by atoms with Gasteiger partial charge in [-0.15, -0.1) is 0 Å². The van der Waals surface area contributed by atoms with Crippen LogP contribution in [0.4, 0.5) is 9.18 Å². The number of aromatic nitrogens is 1. The lowest BCUT2D eigenvalue weighted by atomic mass is 9.88. The molecule has 1 N–H and O–H groups in total. The van der Waals surface area contributed by atoms with Gasteiger partial charge in [-0.2, -0.15) is 0 Å². The standard InChI is InChI=1S/C22H26ClFN2O4/c1-22(2,3)18-13-26(21(28)29)12-15(11-25-9-5-4-6-19(25)27)20(30-18)14-7-8-16(23)17(24)10-14/h4-10,15,18,20H,11-13H2,1-3H3,(H,28,29)/t15-,18?,20+/m1/s1. The van der Waals surface area contributed by atoms with Crippen LogP contribution in [0.15, 0.2) is 47.4 Å². The van der Waals surface area contributed by atoms with Gasteiger partial charge in [0.05, 0.1) is 23.8 Å². The average molecular weight is 437 g/mol. The summed E-state index contributed by atoms with van der Waals surface area (Å²) in [5, 5.41) is 9.75. The Morgan fingerprint density at radius 3 is 2.60 bits per heavy atom. The first-order valence-corrected chi connectivity index (χ1v) is 10.2. The van der Waals surface area contributed by atoms with Gasteiger partial charge < -0.3 is 19.3 Å². The zero-order valence-electron chi connectivity index (χ0n) is 17.2. The van der Waals surface area contributed by atoms with Crippen molar-refractivity contribution >= 4 is 17.7 Å². The molecule has 1 fully saturated rings. The minimum absolute atomic E-state index is 0.00253. The van der Waals surface area contributed by atoms with Crippen LogP contribution in [0.3, 0.4) is 0 Å². The van der Waals surface area contributed by atoms with Gasteiger partial charge in [0.25, 0.3) is 5.56 Å². The fourth-order valence-corrected chi connectivity index (χ4v) is 3.79. The second-order valence-corrected chi connectivity index (χ2v) is 9.13. The molecule has 0 radical (unpaired) electrons. The van der Waals surface area contributed by atoms with Crippen molar-refractivity contribution < 1.29 is 19.0 Å². The Balaban J connectivity index is 2.07. The van der Waals surface area contributed by atoms with Crippen molar-refractivity contribution in [2.24, 2.45) is 11.3 Å². The van der Waals surface area contributed by atoms with E-state index in [1.54, 1.807) is 24.4 Å². The molecule has 162 valence electrons. The van der Waals surface area contributed by atoms with Crippen LogP contribution in [0.5, 0.6) is 0 Å². The lowest BCUT2D eigenvalue weighted by Crippen LogP contribution is -2.42. The number of benzene rings is 1. The highest BCUT2D eigenvalue weighted by Gasteiger charge is 2.40. The third kappa shape index (κ3) is 5.02. The predicted molar refractivity (Wildman–Crippen MR) is 112 cm³/mol. The van der Waals surface area contributed by atoms with Crippen molar-refractivity contribution in [3.63, 3.8) is 0 Å². The minimum Gasteiger partial charge on any atom is -0.465 e. The number of ether oxygens (including phenoxy) is 1. The maximum Gasteiger partial charge on any atom is 0.407 e. The van der Waals surface area contributed by atoms with Crippen LogP contribution in [-0.2, 0) is 11.3 Å². The maximum atomic E-state index is 14.2. The summed E-state index contributed by atoms with van der Waals surface area (Å²) in [6.07, 6.45) is -0.438. The average Bonchev–Trinajstić information content (AvgIpc) is 2.86. The Morgan fingerprint density at radius 1 is 1.27 bits per heavy atom. The summed E-state index contributed by atoms with van der Waals surface area (Å²) in [4.78, 5) is 25.5. The monoisotopic (exact) mass is 436 g/mol. The molecule has 3 rings (SSSR count). The molecule has 1 aliphatic rings. The third-order valence-corrected chi connectivity index (χ3v) is 5.73. The highest BCUT2D eigenvalue weighted by molar-refractivity contribution is 6.30. The smallest absolute Gasteiger partial charge is 0.407 e. The summed E-state index contributed by atoms with van der Waals surface area (Å²) in [6.45, 7) is 6.48. The number of carboxylic acid groups (broad SMARTS) is 1. The number of rotatable bonds is 3. The summed E-state index contributed by atoms with van der Waals surface area (Å²) in [5.41, 5.74) is 0.0134. The quantitative estimate of drug-likeness (QED) is 0.772. The zero-order valence-corrected chi connectivity index (χ0v) is 18.0. The first-order chi connectivity index (χ1) is 14.1. The lowest BCUT2D eigenvalue weighted by Gasteiger charge is -2.34. The van der Waals surface area contributed by atoms with E-state index in [4.69, 9.17) is 16.3 Å². The van der Waals surface area contributed by atoms with Gasteiger partial charge in [0.2, 0.25) is 0 Å². The molecule has 1 amide bonds. The Kier molecular flexibility index (Phi) is 6.53. The van der Waals surface area contributed by atoms with Gasteiger partial charge in [-0.05, 0) is 29.2 Å². The van der Waals surface area contributed by atoms with Gasteiger partial charge >= 0.3 is 6.09 Å². The molecular weight excluding hydrogens is 411 g/mol. The van der Waals surface area contributed by atoms with E-state index in [0.29, 0.717) is 5.56 Å². The van der Waals surface area contributed by atoms with Crippen LogP contribution in [-0.4, -0.2) is 39.9 Å². The van der Waals surface area contributed by atoms with E-state index in [1.807, 2.05) is 20.8 Å². The highest BCUT2D eigenvalue weighted by Crippen LogP contribution is 2.38. The summed E-state index contributed by atoms with van der Waals surface area (Å²) >= 11 is 5.86. The summed E-state index contributed by atoms with van der Waals surface area (Å²) in [7, 11) is 0. The van der Waals surface area contributed by atoms with Crippen molar-refractivity contribution in [2.45, 2.75) is 39.5 Å². The molecule has 6 nitrogen and oxygen atoms in total. The fourth-order valence-electron chi connectivity index (χ4n) is 3.68. The molecule has 0 bridgehead atoms. The van der Waals surface area contributed by atoms with E-state index in [-0.39, 0.29) is 35.6 Å². The molecule has 1 saturated heterocycles. The molecule has 1 aromatic heterocycles. The summed E-state index contributed by atoms with van der Waals surface area (Å²) in [6, 6.07) is 9.31. The van der Waals surface area contributed by atoms with Gasteiger partial charge in [0.15, 0.2) is 0 Å². The van der Waals surface area contributed by atoms with Crippen molar-refractivity contribution in [2.75, 3.05) is 13.1 Å². The molecule has 2 aromatic rings. The highest BCUT2D eigenvalue weighted by atomic mass is 35.5. The number of halogens is 2. The molecule has 3 atom stereocenters. The maximum absolute atomic E-state index is 14.2. The van der Waals surface area contributed by atoms with Crippen LogP contribution < -0.4 is 5.56 Å². The largest absolute Gasteiger partial charge is 0.465 e. The molecule has 1 aromatic carbocycles. The zero-order chi connectivity index (χ0) is 22.1. The number of carbonyl (C=O) groups is 1. The van der Waals surface area contributed by atoms with Gasteiger partial charge in [-0.25, -0.2) is 9.18 Å². The molecule has 0 spiro atoms. The van der Waals surface area contributed by atoms with Crippen LogP contribution in [0.25, 0.3) is 0 Å². The molecule has 1 aliphatic heterocycles. The number of hydrogen-bond donors (Lipinski definition) is 1. The second-order valence-electron chi connectivity index (χ2n) is 8.72. The molecule has 2 heterocycles. The number of amides is 1. The Bertz CT molecular complexity index is 972. The summed E-state index contributed by atoms with van der Waals surface area (Å²) < 4.78 is 22.2. The van der Waals surface area contributed by atoms with Crippen LogP contribution >= 0.6 is 11.6 Å². The van der Waals surface area contributed by atoms with Crippen LogP contribution in [0.1, 0.15) is 32.4 Å². The molecular formula is C22H26ClFN2O4. The van der Waals surface area contributed by atoms with Crippen molar-refractivity contribution in [3.8, 4) is 0 Å². The molecule has 30 heavy (non-hydrogen) atoms. The van der Waals surface area contributed by atoms with Crippen LogP contribution in [0, 0.1) is 17.2 Å². The summed E-state index contributed by atoms with van der Waals surface area (Å²) in [5.74, 6) is -0.978. The van der Waals surface area contributed by atoms with E-state index in [9.17, 15) is 19.1 Å². The first kappa shape index (κ1) is 22.3. The van der Waals surface area contributed by atoms with Gasteiger partial charge in [0, 0.05) is 31.3 Å². The van der Waals surface area contributed by atoms with Crippen LogP contribution in [0.2, 0.25) is 5.02 Å². The van der Waals surface area contributed by atoms with E-state index < -0.39 is 30.0 Å². The SMILES string of the molecule is CC(C)(C)C1CN(C(=O)O)C[C@@H](Cn2ccccc2=O)[C@H](c2ccc(Cl)c(F)c2)O1. The Labute approximate surface area is 179 Å². The van der Waals surface area contributed by atoms with E-state index in [0.717, 1.165) is 0 Å². The normalized spacial score (nSPS) is 22.6. The third-order valence-electron chi connectivity index (χ3n) is 5.42. The predicted octanol–water partition coefficient (Wildman–Crippen LogP) is 4.42. The van der Waals surface area contributed by atoms with Crippen molar-refractivity contribution in [1.29, 1.82) is 0 Å². The number of pyridine rings is 1. The van der Waals surface area contributed by atoms with Gasteiger partial charge in [-0.3, -0.25) is 4.79 Å². The molecule has 0 saturated carbocycles. The minimum atomic E-state index is -1.05. The molecule has 0 aliphatic carbocycles. The topological polar surface area (TPSA) is 71.8 Å². The number of nitrogens with zero attached hydrogens (tertiary/aromatic N) is 2. The second kappa shape index (κ2) is 8.78. The fraction of sp³-hybridized carbons (Fsp3) is 0.455. The van der Waals surface area contributed by atoms with E-state index in [1.165, 1.54) is 27.7 Å². The molecule has 8 heteroatoms. The van der Waals surface area contributed by atoms with Crippen molar-refractivity contribution in [3.05, 3.63) is 69.4 Å². The van der Waals surface area contributed by atoms with Gasteiger partial charge in [0.1, 0.15) is 5.82 Å². The van der Waals surface area contributed by atoms with Crippen molar-refractivity contribution in [1.82, 2.24) is 9.47 Å². The van der Waals surface area contributed by atoms with E-state index in [2.05, 4.69) is 0 Å². The number of hydrogen-bond acceptors (Lipinski definition) is 3. The Hall–Kier alpha value is -2.38.